The van der Waals surface area contributed by atoms with Crippen LogP contribution in [0.2, 0.25) is 0 Å². The van der Waals surface area contributed by atoms with Crippen LogP contribution in [-0.2, 0) is 21.8 Å². The fourth-order valence-electron chi connectivity index (χ4n) is 6.50. The van der Waals surface area contributed by atoms with Gasteiger partial charge in [0.1, 0.15) is 55.1 Å². The van der Waals surface area contributed by atoms with Gasteiger partial charge >= 0.3 is 5.69 Å². The summed E-state index contributed by atoms with van der Waals surface area (Å²) in [5.74, 6) is -1.62. The van der Waals surface area contributed by atoms with Crippen molar-refractivity contribution in [2.24, 2.45) is 0 Å². The predicted octanol–water partition coefficient (Wildman–Crippen LogP) is 4.86. The first-order valence-electron chi connectivity index (χ1n) is 16.8. The number of benzene rings is 3. The zero-order valence-corrected chi connectivity index (χ0v) is 28.3. The molecule has 0 N–H and O–H groups in total. The van der Waals surface area contributed by atoms with Crippen LogP contribution in [0.1, 0.15) is 37.7 Å². The van der Waals surface area contributed by atoms with Gasteiger partial charge in [-0.3, -0.25) is 0 Å². The van der Waals surface area contributed by atoms with E-state index in [1.807, 2.05) is 57.2 Å². The van der Waals surface area contributed by atoms with Crippen LogP contribution < -0.4 is 20.2 Å². The zero-order valence-electron chi connectivity index (χ0n) is 28.3. The van der Waals surface area contributed by atoms with Gasteiger partial charge < -0.3 is 24.0 Å². The van der Waals surface area contributed by atoms with Crippen molar-refractivity contribution in [3.8, 4) is 11.4 Å². The molecule has 0 bridgehead atoms. The minimum absolute atomic E-state index is 0.0331. The maximum atomic E-state index is 14.9. The molecular weight excluding hydrogens is 646 g/mol. The van der Waals surface area contributed by atoms with Crippen LogP contribution in [0.15, 0.2) is 84.2 Å². The molecule has 2 saturated heterocycles. The zero-order chi connectivity index (χ0) is 34.8. The number of aromatic nitrogens is 6. The van der Waals surface area contributed by atoms with Crippen molar-refractivity contribution < 1.29 is 23.0 Å². The lowest BCUT2D eigenvalue weighted by Crippen LogP contribution is -2.46. The van der Waals surface area contributed by atoms with Gasteiger partial charge in [0.2, 0.25) is 5.79 Å². The molecule has 5 aromatic rings. The van der Waals surface area contributed by atoms with Crippen molar-refractivity contribution >= 4 is 11.4 Å². The Labute approximate surface area is 288 Å². The molecule has 2 aliphatic rings. The van der Waals surface area contributed by atoms with Gasteiger partial charge in [-0.1, -0.05) is 6.92 Å². The second-order valence-corrected chi connectivity index (χ2v) is 12.7. The van der Waals surface area contributed by atoms with Crippen LogP contribution in [0.4, 0.5) is 20.2 Å². The lowest BCUT2D eigenvalue weighted by Gasteiger charge is -2.37. The third kappa shape index (κ3) is 6.72. The van der Waals surface area contributed by atoms with Crippen molar-refractivity contribution in [1.29, 1.82) is 0 Å². The number of halogens is 2. The monoisotopic (exact) mass is 686 g/mol. The van der Waals surface area contributed by atoms with E-state index in [1.54, 1.807) is 9.25 Å². The average molecular weight is 687 g/mol. The molecule has 2 fully saturated rings. The molecule has 0 radical (unpaired) electrons. The average Bonchev–Trinajstić information content (AvgIpc) is 3.87. The van der Waals surface area contributed by atoms with Gasteiger partial charge in [0.15, 0.2) is 0 Å². The molecule has 2 aliphatic heterocycles. The SMILES string of the molecule is CCC(C)n1nc(C)n(-c2ccc(N3CCN(c4ccc(OC[C@@H]5CO[C@@](Cn6cncn6)(c6ccc(F)cc6F)O5)cc4)CC3)cc2)c1=O. The fraction of sp³-hybridized carbons (Fsp3) is 0.389. The largest absolute Gasteiger partial charge is 0.491 e. The summed E-state index contributed by atoms with van der Waals surface area (Å²) < 4.78 is 51.6. The highest BCUT2D eigenvalue weighted by molar-refractivity contribution is 5.55. The minimum atomic E-state index is -1.51. The molecule has 262 valence electrons. The van der Waals surface area contributed by atoms with E-state index in [0.29, 0.717) is 11.6 Å². The summed E-state index contributed by atoms with van der Waals surface area (Å²) >= 11 is 0. The molecule has 0 spiro atoms. The number of nitrogens with zero attached hydrogens (tertiary/aromatic N) is 8. The van der Waals surface area contributed by atoms with E-state index >= 15 is 0 Å². The predicted molar refractivity (Wildman–Crippen MR) is 183 cm³/mol. The molecule has 4 heterocycles. The Bertz CT molecular complexity index is 1960. The summed E-state index contributed by atoms with van der Waals surface area (Å²) in [6.07, 6.45) is 3.18. The fourth-order valence-corrected chi connectivity index (χ4v) is 6.50. The van der Waals surface area contributed by atoms with Gasteiger partial charge in [0.05, 0.1) is 18.3 Å². The molecule has 1 unspecified atom stereocenters. The topological polar surface area (TPSA) is 105 Å². The molecule has 0 aliphatic carbocycles. The van der Waals surface area contributed by atoms with E-state index in [0.717, 1.165) is 55.7 Å². The lowest BCUT2D eigenvalue weighted by molar-refractivity contribution is -0.192. The summed E-state index contributed by atoms with van der Waals surface area (Å²) in [4.78, 5) is 21.6. The third-order valence-electron chi connectivity index (χ3n) is 9.40. The standard InChI is InChI=1S/C36H40F2N8O4/c1-4-25(2)46-35(47)45(26(3)41-46)30-8-6-28(7-9-30)42-15-17-43(18-16-42)29-10-12-31(13-11-29)48-20-32-21-49-36(50-32,22-44-24-39-23-40-44)33-14-5-27(37)19-34(33)38/h5-14,19,23-25,32H,4,15-18,20-22H2,1-3H3/t25?,32-,36-/m1/s1. The number of aryl methyl sites for hydroxylation is 1. The Kier molecular flexibility index (Phi) is 9.38. The summed E-state index contributed by atoms with van der Waals surface area (Å²) in [7, 11) is 0. The normalized spacial score (nSPS) is 20.0. The highest BCUT2D eigenvalue weighted by Crippen LogP contribution is 2.38. The summed E-state index contributed by atoms with van der Waals surface area (Å²) in [5, 5.41) is 8.59. The molecule has 50 heavy (non-hydrogen) atoms. The first-order chi connectivity index (χ1) is 24.2. The van der Waals surface area contributed by atoms with Crippen molar-refractivity contribution in [1.82, 2.24) is 29.1 Å². The first kappa shape index (κ1) is 33.4. The number of piperazine rings is 1. The second kappa shape index (κ2) is 14.0. The van der Waals surface area contributed by atoms with E-state index in [1.165, 1.54) is 29.5 Å². The Morgan fingerprint density at radius 3 is 2.24 bits per heavy atom. The van der Waals surface area contributed by atoms with Gasteiger partial charge in [-0.15, -0.1) is 0 Å². The van der Waals surface area contributed by atoms with Crippen LogP contribution >= 0.6 is 0 Å². The van der Waals surface area contributed by atoms with Crippen LogP contribution in [0.25, 0.3) is 5.69 Å². The molecule has 0 amide bonds. The van der Waals surface area contributed by atoms with E-state index in [2.05, 4.69) is 37.1 Å². The van der Waals surface area contributed by atoms with Crippen LogP contribution in [0, 0.1) is 18.6 Å². The minimum Gasteiger partial charge on any atom is -0.491 e. The molecule has 0 saturated carbocycles. The van der Waals surface area contributed by atoms with Crippen LogP contribution in [-0.4, -0.2) is 74.6 Å². The van der Waals surface area contributed by atoms with E-state index < -0.39 is 23.5 Å². The van der Waals surface area contributed by atoms with E-state index in [-0.39, 0.29) is 37.1 Å². The molecule has 3 aromatic carbocycles. The maximum Gasteiger partial charge on any atom is 0.350 e. The Balaban J connectivity index is 0.931. The Morgan fingerprint density at radius 2 is 1.62 bits per heavy atom. The summed E-state index contributed by atoms with van der Waals surface area (Å²) in [6.45, 7) is 9.67. The molecule has 2 aromatic heterocycles. The van der Waals surface area contributed by atoms with Crippen molar-refractivity contribution in [2.45, 2.75) is 51.7 Å². The van der Waals surface area contributed by atoms with Crippen molar-refractivity contribution in [3.05, 3.63) is 113 Å². The second-order valence-electron chi connectivity index (χ2n) is 12.7. The quantitative estimate of drug-likeness (QED) is 0.193. The maximum absolute atomic E-state index is 14.9. The number of anilines is 2. The van der Waals surface area contributed by atoms with Gasteiger partial charge in [0, 0.05) is 49.2 Å². The van der Waals surface area contributed by atoms with Crippen LogP contribution in [0.3, 0.4) is 0 Å². The van der Waals surface area contributed by atoms with Gasteiger partial charge in [-0.05, 0) is 80.9 Å². The van der Waals surface area contributed by atoms with Crippen molar-refractivity contribution in [3.63, 3.8) is 0 Å². The smallest absolute Gasteiger partial charge is 0.350 e. The summed E-state index contributed by atoms with van der Waals surface area (Å²) in [5.41, 5.74) is 2.99. The highest BCUT2D eigenvalue weighted by atomic mass is 19.1. The number of hydrogen-bond donors (Lipinski definition) is 0. The molecular formula is C36H40F2N8O4. The molecule has 14 heteroatoms. The number of hydrogen-bond acceptors (Lipinski definition) is 9. The molecule has 3 atom stereocenters. The van der Waals surface area contributed by atoms with Crippen molar-refractivity contribution in [2.75, 3.05) is 49.2 Å². The molecule has 7 rings (SSSR count). The molecule has 12 nitrogen and oxygen atoms in total. The highest BCUT2D eigenvalue weighted by Gasteiger charge is 2.46. The Morgan fingerprint density at radius 1 is 0.960 bits per heavy atom. The summed E-state index contributed by atoms with van der Waals surface area (Å²) in [6, 6.07) is 19.4. The lowest BCUT2D eigenvalue weighted by atomic mass is 10.0. The third-order valence-corrected chi connectivity index (χ3v) is 9.40. The van der Waals surface area contributed by atoms with E-state index in [9.17, 15) is 13.6 Å². The van der Waals surface area contributed by atoms with Gasteiger partial charge in [-0.25, -0.2) is 32.5 Å². The Hall–Kier alpha value is -5.08. The van der Waals surface area contributed by atoms with E-state index in [4.69, 9.17) is 14.2 Å². The van der Waals surface area contributed by atoms with Gasteiger partial charge in [0.25, 0.3) is 0 Å². The van der Waals surface area contributed by atoms with Gasteiger partial charge in [-0.2, -0.15) is 10.2 Å². The first-order valence-corrected chi connectivity index (χ1v) is 16.8. The van der Waals surface area contributed by atoms with Crippen LogP contribution in [0.5, 0.6) is 5.75 Å². The number of rotatable bonds is 11. The number of ether oxygens (including phenoxy) is 3.